The third-order valence-electron chi connectivity index (χ3n) is 1.16. The van der Waals surface area contributed by atoms with Crippen LogP contribution in [0.2, 0.25) is 0 Å². The number of sulfone groups is 1. The van der Waals surface area contributed by atoms with E-state index in [9.17, 15) is 13.2 Å². The summed E-state index contributed by atoms with van der Waals surface area (Å²) < 4.78 is 26.1. The summed E-state index contributed by atoms with van der Waals surface area (Å²) in [4.78, 5) is 9.75. The number of hydrogen-bond acceptors (Lipinski definition) is 5. The summed E-state index contributed by atoms with van der Waals surface area (Å²) >= 11 is 0. The fraction of sp³-hybridized carbons (Fsp3) is 0.800. The molecule has 0 spiro atoms. The molecule has 1 unspecified atom stereocenters. The fourth-order valence-corrected chi connectivity index (χ4v) is 1.37. The van der Waals surface area contributed by atoms with Crippen molar-refractivity contribution in [2.75, 3.05) is 12.3 Å². The summed E-state index contributed by atoms with van der Waals surface area (Å²) in [6, 6.07) is 0. The van der Waals surface area contributed by atoms with Crippen LogP contribution in [0.15, 0.2) is 0 Å². The number of rotatable bonds is 5. The Labute approximate surface area is 65.4 Å². The van der Waals surface area contributed by atoms with Crippen LogP contribution in [0.4, 0.5) is 0 Å². The minimum absolute atomic E-state index is 0.0366. The van der Waals surface area contributed by atoms with Crippen molar-refractivity contribution in [3.8, 4) is 0 Å². The maximum atomic E-state index is 11.0. The standard InChI is InChI=1S/C5H11NO4S/c1-5(10-4-7)11(8,9)3-2-6/h4-5H,2-3,6H2,1H3. The Morgan fingerprint density at radius 3 is 2.55 bits per heavy atom. The number of ether oxygens (including phenoxy) is 1. The molecule has 66 valence electrons. The van der Waals surface area contributed by atoms with Gasteiger partial charge in [0.2, 0.25) is 0 Å². The quantitative estimate of drug-likeness (QED) is 0.543. The van der Waals surface area contributed by atoms with Crippen molar-refractivity contribution in [3.05, 3.63) is 0 Å². The molecule has 1 atom stereocenters. The first-order chi connectivity index (χ1) is 5.04. The molecule has 0 bridgehead atoms. The molecule has 11 heavy (non-hydrogen) atoms. The zero-order chi connectivity index (χ0) is 8.91. The smallest absolute Gasteiger partial charge is 0.294 e. The number of hydrogen-bond donors (Lipinski definition) is 1. The minimum atomic E-state index is -3.35. The lowest BCUT2D eigenvalue weighted by Crippen LogP contribution is -2.27. The van der Waals surface area contributed by atoms with Crippen molar-refractivity contribution in [2.24, 2.45) is 5.73 Å². The van der Waals surface area contributed by atoms with Crippen molar-refractivity contribution in [1.82, 2.24) is 0 Å². The normalized spacial score (nSPS) is 14.0. The van der Waals surface area contributed by atoms with Gasteiger partial charge in [-0.1, -0.05) is 0 Å². The molecule has 2 N–H and O–H groups in total. The van der Waals surface area contributed by atoms with Gasteiger partial charge in [-0.3, -0.25) is 4.79 Å². The van der Waals surface area contributed by atoms with Gasteiger partial charge in [0.25, 0.3) is 6.47 Å². The molecule has 0 radical (unpaired) electrons. The van der Waals surface area contributed by atoms with Gasteiger partial charge in [0.15, 0.2) is 15.3 Å². The van der Waals surface area contributed by atoms with Crippen LogP contribution in [0, 0.1) is 0 Å². The molecule has 0 aromatic rings. The van der Waals surface area contributed by atoms with E-state index < -0.39 is 15.3 Å². The molecule has 0 aliphatic rings. The van der Waals surface area contributed by atoms with Crippen LogP contribution in [0.3, 0.4) is 0 Å². The Bertz CT molecular complexity index is 211. The molecule has 0 aliphatic carbocycles. The first-order valence-corrected chi connectivity index (χ1v) is 4.77. The van der Waals surface area contributed by atoms with Gasteiger partial charge in [-0.2, -0.15) is 0 Å². The van der Waals surface area contributed by atoms with Crippen LogP contribution < -0.4 is 5.73 Å². The molecule has 0 fully saturated rings. The zero-order valence-electron chi connectivity index (χ0n) is 6.19. The first kappa shape index (κ1) is 10.4. The van der Waals surface area contributed by atoms with Gasteiger partial charge >= 0.3 is 0 Å². The van der Waals surface area contributed by atoms with E-state index in [-0.39, 0.29) is 18.8 Å². The van der Waals surface area contributed by atoms with Crippen molar-refractivity contribution in [2.45, 2.75) is 12.4 Å². The number of carbonyl (C=O) groups is 1. The number of nitrogens with two attached hydrogens (primary N) is 1. The van der Waals surface area contributed by atoms with Gasteiger partial charge in [-0.15, -0.1) is 0 Å². The Morgan fingerprint density at radius 1 is 1.64 bits per heavy atom. The molecule has 6 heteroatoms. The van der Waals surface area contributed by atoms with Crippen molar-refractivity contribution >= 4 is 16.3 Å². The highest BCUT2D eigenvalue weighted by Gasteiger charge is 2.20. The first-order valence-electron chi connectivity index (χ1n) is 3.05. The Morgan fingerprint density at radius 2 is 2.18 bits per heavy atom. The molecule has 0 amide bonds. The summed E-state index contributed by atoms with van der Waals surface area (Å²) in [6.45, 7) is 1.44. The van der Waals surface area contributed by atoms with Crippen LogP contribution in [-0.2, 0) is 19.4 Å². The maximum Gasteiger partial charge on any atom is 0.294 e. The van der Waals surface area contributed by atoms with Crippen LogP contribution >= 0.6 is 0 Å². The van der Waals surface area contributed by atoms with Gasteiger partial charge in [0, 0.05) is 6.54 Å². The Hall–Kier alpha value is -0.620. The van der Waals surface area contributed by atoms with E-state index in [0.29, 0.717) is 0 Å². The zero-order valence-corrected chi connectivity index (χ0v) is 7.00. The van der Waals surface area contributed by atoms with Gasteiger partial charge in [0.05, 0.1) is 5.75 Å². The summed E-state index contributed by atoms with van der Waals surface area (Å²) in [5, 5.41) is 0. The highest BCUT2D eigenvalue weighted by atomic mass is 32.2. The van der Waals surface area contributed by atoms with E-state index in [1.54, 1.807) is 0 Å². The van der Waals surface area contributed by atoms with Crippen LogP contribution in [0.25, 0.3) is 0 Å². The Kier molecular flexibility index (Phi) is 4.06. The monoisotopic (exact) mass is 181 g/mol. The second-order valence-electron chi connectivity index (χ2n) is 1.96. The average molecular weight is 181 g/mol. The summed E-state index contributed by atoms with van der Waals surface area (Å²) in [5.74, 6) is -0.165. The third-order valence-corrected chi connectivity index (χ3v) is 3.08. The molecule has 0 rings (SSSR count). The van der Waals surface area contributed by atoms with Crippen molar-refractivity contribution in [3.63, 3.8) is 0 Å². The van der Waals surface area contributed by atoms with E-state index in [0.717, 1.165) is 0 Å². The highest BCUT2D eigenvalue weighted by Crippen LogP contribution is 2.00. The van der Waals surface area contributed by atoms with E-state index in [1.165, 1.54) is 6.92 Å². The molecule has 5 nitrogen and oxygen atoms in total. The second-order valence-corrected chi connectivity index (χ2v) is 4.35. The van der Waals surface area contributed by atoms with Gasteiger partial charge < -0.3 is 10.5 Å². The molecule has 0 heterocycles. The van der Waals surface area contributed by atoms with Gasteiger partial charge in [0.1, 0.15) is 0 Å². The third kappa shape index (κ3) is 3.33. The summed E-state index contributed by atoms with van der Waals surface area (Å²) in [7, 11) is -3.35. The SMILES string of the molecule is CC(OC=O)S(=O)(=O)CCN. The predicted octanol–water partition coefficient (Wildman–Crippen LogP) is -1.12. The number of carbonyl (C=O) groups excluding carboxylic acids is 1. The molecule has 0 aromatic carbocycles. The molecular weight excluding hydrogens is 170 g/mol. The second kappa shape index (κ2) is 4.30. The van der Waals surface area contributed by atoms with Crippen molar-refractivity contribution in [1.29, 1.82) is 0 Å². The summed E-state index contributed by atoms with van der Waals surface area (Å²) in [6.07, 6.45) is 0. The van der Waals surface area contributed by atoms with E-state index in [4.69, 9.17) is 5.73 Å². The lowest BCUT2D eigenvalue weighted by molar-refractivity contribution is -0.129. The topological polar surface area (TPSA) is 86.5 Å². The highest BCUT2D eigenvalue weighted by molar-refractivity contribution is 7.91. The van der Waals surface area contributed by atoms with E-state index >= 15 is 0 Å². The van der Waals surface area contributed by atoms with Crippen LogP contribution in [0.5, 0.6) is 0 Å². The Balaban J connectivity index is 4.18. The minimum Gasteiger partial charge on any atom is -0.448 e. The maximum absolute atomic E-state index is 11.0. The molecular formula is C5H11NO4S. The molecule has 0 aromatic heterocycles. The summed E-state index contributed by atoms with van der Waals surface area (Å²) in [5.41, 5.74) is 3.93. The van der Waals surface area contributed by atoms with Crippen LogP contribution in [0.1, 0.15) is 6.92 Å². The average Bonchev–Trinajstić information content (AvgIpc) is 1.88. The predicted molar refractivity (Wildman–Crippen MR) is 39.5 cm³/mol. The van der Waals surface area contributed by atoms with Crippen molar-refractivity contribution < 1.29 is 17.9 Å². The van der Waals surface area contributed by atoms with E-state index in [1.807, 2.05) is 0 Å². The fourth-order valence-electron chi connectivity index (χ4n) is 0.493. The van der Waals surface area contributed by atoms with Gasteiger partial charge in [-0.25, -0.2) is 8.42 Å². The van der Waals surface area contributed by atoms with Crippen LogP contribution in [-0.4, -0.2) is 32.6 Å². The molecule has 0 saturated heterocycles. The largest absolute Gasteiger partial charge is 0.448 e. The lowest BCUT2D eigenvalue weighted by atomic mass is 10.8. The molecule has 0 aliphatic heterocycles. The van der Waals surface area contributed by atoms with Gasteiger partial charge in [-0.05, 0) is 6.92 Å². The lowest BCUT2D eigenvalue weighted by Gasteiger charge is -2.08. The van der Waals surface area contributed by atoms with E-state index in [2.05, 4.69) is 4.74 Å². The molecule has 0 saturated carbocycles.